The van der Waals surface area contributed by atoms with Crippen LogP contribution in [0.15, 0.2) is 121 Å². The Hall–Kier alpha value is -5.96. The molecular formula is C74H90O6S2. The largest absolute Gasteiger partial charge is 0.493 e. The zero-order chi connectivity index (χ0) is 57.6. The van der Waals surface area contributed by atoms with Crippen molar-refractivity contribution in [3.05, 3.63) is 174 Å². The quantitative estimate of drug-likeness (QED) is 0.0374. The number of thiophene rings is 2. The Kier molecular flexibility index (Phi) is 21.1. The van der Waals surface area contributed by atoms with Crippen LogP contribution in [0.25, 0.3) is 22.3 Å². The first-order chi connectivity index (χ1) is 40.2. The first-order valence-corrected chi connectivity index (χ1v) is 33.1. The summed E-state index contributed by atoms with van der Waals surface area (Å²) in [5.74, 6) is 5.40. The Morgan fingerprint density at radius 1 is 0.366 bits per heavy atom. The van der Waals surface area contributed by atoms with E-state index in [4.69, 9.17) is 18.9 Å². The number of unbranched alkanes of at least 4 members (excludes halogenated alkanes) is 4. The topological polar surface area (TPSA) is 71.1 Å². The van der Waals surface area contributed by atoms with E-state index in [-0.39, 0.29) is 0 Å². The normalized spacial score (nSPS) is 17.3. The monoisotopic (exact) mass is 1140 g/mol. The molecule has 9 rings (SSSR count). The van der Waals surface area contributed by atoms with Crippen LogP contribution in [0.5, 0.6) is 23.0 Å². The van der Waals surface area contributed by atoms with Gasteiger partial charge in [0.05, 0.1) is 47.0 Å². The summed E-state index contributed by atoms with van der Waals surface area (Å²) in [5.41, 5.74) is 9.28. The summed E-state index contributed by atoms with van der Waals surface area (Å²) in [6, 6.07) is 44.2. The third kappa shape index (κ3) is 12.5. The number of ether oxygens (including phenoxy) is 4. The van der Waals surface area contributed by atoms with E-state index in [0.717, 1.165) is 152 Å². The minimum atomic E-state index is -0.823. The van der Waals surface area contributed by atoms with E-state index in [9.17, 15) is 9.59 Å². The number of carbonyl (C=O) groups is 2. The van der Waals surface area contributed by atoms with Crippen LogP contribution in [0.4, 0.5) is 0 Å². The summed E-state index contributed by atoms with van der Waals surface area (Å²) in [5, 5.41) is 0. The lowest BCUT2D eigenvalue weighted by Crippen LogP contribution is -2.29. The number of benzene rings is 5. The molecule has 4 unspecified atom stereocenters. The van der Waals surface area contributed by atoms with Crippen molar-refractivity contribution in [2.24, 2.45) is 23.7 Å². The summed E-state index contributed by atoms with van der Waals surface area (Å²) in [7, 11) is 0. The number of hydrogen-bond donors (Lipinski definition) is 0. The van der Waals surface area contributed by atoms with Crippen LogP contribution in [0.3, 0.4) is 0 Å². The molecule has 0 spiro atoms. The van der Waals surface area contributed by atoms with Crippen molar-refractivity contribution >= 4 is 35.2 Å². The van der Waals surface area contributed by atoms with Crippen LogP contribution >= 0.6 is 22.7 Å². The van der Waals surface area contributed by atoms with Gasteiger partial charge < -0.3 is 18.9 Å². The van der Waals surface area contributed by atoms with Gasteiger partial charge in [0, 0.05) is 9.75 Å². The molecular weight excluding hydrogens is 1050 g/mol. The predicted molar refractivity (Wildman–Crippen MR) is 343 cm³/mol. The zero-order valence-corrected chi connectivity index (χ0v) is 52.1. The second-order valence-corrected chi connectivity index (χ2v) is 25.6. The number of carbonyl (C=O) groups excluding carboxylic acids is 2. The van der Waals surface area contributed by atoms with Crippen LogP contribution in [0, 0.1) is 23.7 Å². The molecule has 4 atom stereocenters. The molecule has 6 nitrogen and oxygen atoms in total. The molecule has 2 heterocycles. The Labute approximate surface area is 499 Å². The highest BCUT2D eigenvalue weighted by Crippen LogP contribution is 2.65. The predicted octanol–water partition coefficient (Wildman–Crippen LogP) is 20.5. The molecule has 2 aromatic heterocycles. The summed E-state index contributed by atoms with van der Waals surface area (Å²) in [6.45, 7) is 20.8. The van der Waals surface area contributed by atoms with E-state index in [1.165, 1.54) is 51.4 Å². The number of aldehydes is 2. The lowest BCUT2D eigenvalue weighted by Gasteiger charge is -2.35. The average Bonchev–Trinajstić information content (AvgIpc) is 1.69. The maximum Gasteiger partial charge on any atom is 0.160 e. The lowest BCUT2D eigenvalue weighted by molar-refractivity contribution is 0.111. The minimum Gasteiger partial charge on any atom is -0.493 e. The molecule has 8 heteroatoms. The Bertz CT molecular complexity index is 2810. The Balaban J connectivity index is 1.24. The molecule has 82 heavy (non-hydrogen) atoms. The molecule has 0 aliphatic heterocycles. The number of fused-ring (bicyclic) bond motifs is 6. The van der Waals surface area contributed by atoms with Crippen molar-refractivity contribution in [1.29, 1.82) is 0 Å². The summed E-state index contributed by atoms with van der Waals surface area (Å²) in [4.78, 5) is 29.9. The maximum absolute atomic E-state index is 13.1. The van der Waals surface area contributed by atoms with Crippen LogP contribution in [-0.2, 0) is 10.8 Å². The van der Waals surface area contributed by atoms with Crippen molar-refractivity contribution < 1.29 is 28.5 Å². The fourth-order valence-electron chi connectivity index (χ4n) is 12.9. The SMILES string of the molecule is CCCCC(CC)COc1ccc(C2(c3ccc(OCC(CC)CCCC)cc3)c3cc4c(cc3-c3cc(C=O)sc32)C(c2ccc(OCC(CC)CCCC)cc2)(c2ccc(OCC(CC)CCCC)cc2)c2sc(C=O)cc2-4)cc1. The number of hydrogen-bond acceptors (Lipinski definition) is 8. The van der Waals surface area contributed by atoms with Crippen LogP contribution in [0.2, 0.25) is 0 Å². The first kappa shape index (κ1) is 60.6. The number of rotatable bonds is 34. The van der Waals surface area contributed by atoms with E-state index in [2.05, 4.69) is 177 Å². The van der Waals surface area contributed by atoms with Gasteiger partial charge in [0.15, 0.2) is 12.6 Å². The molecule has 0 fully saturated rings. The highest BCUT2D eigenvalue weighted by molar-refractivity contribution is 7.15. The molecule has 0 amide bonds. The van der Waals surface area contributed by atoms with Gasteiger partial charge in [-0.25, -0.2) is 0 Å². The van der Waals surface area contributed by atoms with Gasteiger partial charge in [-0.2, -0.15) is 0 Å². The van der Waals surface area contributed by atoms with E-state index in [1.807, 2.05) is 0 Å². The molecule has 434 valence electrons. The van der Waals surface area contributed by atoms with Gasteiger partial charge in [0.25, 0.3) is 0 Å². The van der Waals surface area contributed by atoms with E-state index < -0.39 is 10.8 Å². The molecule has 5 aromatic carbocycles. The molecule has 2 aliphatic rings. The van der Waals surface area contributed by atoms with E-state index in [1.54, 1.807) is 22.7 Å². The van der Waals surface area contributed by atoms with E-state index >= 15 is 0 Å². The second-order valence-electron chi connectivity index (χ2n) is 23.5. The van der Waals surface area contributed by atoms with Crippen molar-refractivity contribution in [3.8, 4) is 45.3 Å². The van der Waals surface area contributed by atoms with Crippen LogP contribution in [-0.4, -0.2) is 39.0 Å². The fourth-order valence-corrected chi connectivity index (χ4v) is 15.4. The van der Waals surface area contributed by atoms with Gasteiger partial charge >= 0.3 is 0 Å². The Morgan fingerprint density at radius 3 is 0.841 bits per heavy atom. The summed E-state index contributed by atoms with van der Waals surface area (Å²) >= 11 is 3.16. The first-order valence-electron chi connectivity index (χ1n) is 31.5. The fraction of sp³-hybridized carbons (Fsp3) is 0.459. The maximum atomic E-state index is 13.1. The van der Waals surface area contributed by atoms with Crippen molar-refractivity contribution in [2.45, 2.75) is 169 Å². The van der Waals surface area contributed by atoms with Gasteiger partial charge in [0.2, 0.25) is 0 Å². The molecule has 2 aliphatic carbocycles. The minimum absolute atomic E-state index is 0.499. The van der Waals surface area contributed by atoms with Crippen LogP contribution in [0.1, 0.15) is 221 Å². The zero-order valence-electron chi connectivity index (χ0n) is 50.4. The molecule has 0 radical (unpaired) electrons. The molecule has 7 aromatic rings. The smallest absolute Gasteiger partial charge is 0.160 e. The third-order valence-electron chi connectivity index (χ3n) is 18.2. The van der Waals surface area contributed by atoms with Gasteiger partial charge in [-0.1, -0.05) is 181 Å². The van der Waals surface area contributed by atoms with E-state index in [0.29, 0.717) is 59.9 Å². The summed E-state index contributed by atoms with van der Waals surface area (Å²) in [6.07, 6.45) is 20.5. The van der Waals surface area contributed by atoms with Crippen LogP contribution < -0.4 is 18.9 Å². The third-order valence-corrected chi connectivity index (χ3v) is 20.6. The molecule has 0 N–H and O–H groups in total. The van der Waals surface area contributed by atoms with Gasteiger partial charge in [-0.15, -0.1) is 22.7 Å². The van der Waals surface area contributed by atoms with Crippen molar-refractivity contribution in [2.75, 3.05) is 26.4 Å². The van der Waals surface area contributed by atoms with Gasteiger partial charge in [-0.3, -0.25) is 9.59 Å². The van der Waals surface area contributed by atoms with Gasteiger partial charge in [-0.05, 0) is 178 Å². The molecule has 0 bridgehead atoms. The highest BCUT2D eigenvalue weighted by Gasteiger charge is 2.53. The van der Waals surface area contributed by atoms with Gasteiger partial charge in [0.1, 0.15) is 23.0 Å². The standard InChI is InChI=1S/C74H90O6S2/c1-9-17-21-51(13-5)47-77-59-33-25-55(26-34-59)73(56-27-35-60(36-28-56)78-48-52(14-6)22-18-10-2)69-43-66-68-42-64(46-76)82-72(68)74(70(66)44-65(69)67-41-63(45-75)81-71(67)73,57-29-37-61(38-30-57)79-49-53(15-7)23-19-11-3)58-31-39-62(40-32-58)80-50-54(16-8)24-20-12-4/h25-46,51-54H,9-24,47-50H2,1-8H3. The van der Waals surface area contributed by atoms with Crippen molar-refractivity contribution in [3.63, 3.8) is 0 Å². The van der Waals surface area contributed by atoms with Crippen molar-refractivity contribution in [1.82, 2.24) is 0 Å². The Morgan fingerprint density at radius 2 is 0.622 bits per heavy atom. The lowest BCUT2D eigenvalue weighted by atomic mass is 9.68. The molecule has 0 saturated carbocycles. The molecule has 0 saturated heterocycles. The second kappa shape index (κ2) is 28.5. The summed E-state index contributed by atoms with van der Waals surface area (Å²) < 4.78 is 26.3. The highest BCUT2D eigenvalue weighted by atomic mass is 32.1. The average molecular weight is 1140 g/mol.